The number of hydrogen-bond donors (Lipinski definition) is 2. The molecule has 0 radical (unpaired) electrons. The average Bonchev–Trinajstić information content (AvgIpc) is 3.31. The number of carbonyl (C=O) groups excluding carboxylic acids is 1. The Labute approximate surface area is 184 Å². The third kappa shape index (κ3) is 4.96. The van der Waals surface area contributed by atoms with Crippen molar-refractivity contribution < 1.29 is 34.0 Å². The second-order valence-electron chi connectivity index (χ2n) is 10.9. The summed E-state index contributed by atoms with van der Waals surface area (Å²) in [7, 11) is 0. The molecule has 4 fully saturated rings. The van der Waals surface area contributed by atoms with Crippen molar-refractivity contribution in [3.8, 4) is 0 Å². The van der Waals surface area contributed by atoms with Crippen molar-refractivity contribution in [2.75, 3.05) is 0 Å². The zero-order chi connectivity index (χ0) is 22.2. The third-order valence-electron chi connectivity index (χ3n) is 8.97. The van der Waals surface area contributed by atoms with Crippen molar-refractivity contribution in [1.29, 1.82) is 0 Å². The molecule has 0 saturated heterocycles. The summed E-state index contributed by atoms with van der Waals surface area (Å²) in [4.78, 5) is 23.5. The number of aliphatic hydroxyl groups is 1. The highest BCUT2D eigenvalue weighted by Crippen LogP contribution is 2.49. The van der Waals surface area contributed by atoms with Gasteiger partial charge in [0.1, 0.15) is 18.3 Å². The van der Waals surface area contributed by atoms with Crippen molar-refractivity contribution in [1.82, 2.24) is 0 Å². The van der Waals surface area contributed by atoms with Crippen LogP contribution in [0.1, 0.15) is 84.5 Å². The van der Waals surface area contributed by atoms with E-state index in [1.807, 2.05) is 0 Å². The average molecular weight is 439 g/mol. The SMILES string of the molecule is CC(C)(C1CCC(O)CC1)C1CCC(OC(=O)OC2C3CCC(C3)C2OC(=O)O)CC1. The van der Waals surface area contributed by atoms with Crippen LogP contribution in [0.5, 0.6) is 0 Å². The van der Waals surface area contributed by atoms with Gasteiger partial charge >= 0.3 is 12.3 Å². The number of fused-ring (bicyclic) bond motifs is 2. The fourth-order valence-corrected chi connectivity index (χ4v) is 6.98. The molecule has 0 heterocycles. The van der Waals surface area contributed by atoms with E-state index in [0.717, 1.165) is 70.6 Å². The van der Waals surface area contributed by atoms with Gasteiger partial charge in [0, 0.05) is 11.8 Å². The standard InChI is InChI=1S/C24H38O7/c1-24(2,16-5-9-18(25)10-6-16)17-7-11-19(12-8-17)29-23(28)31-21-15-4-3-14(13-15)20(21)30-22(26)27/h14-21,25H,3-13H2,1-2H3,(H,26,27). The maximum atomic E-state index is 12.5. The summed E-state index contributed by atoms with van der Waals surface area (Å²) >= 11 is 0. The predicted molar refractivity (Wildman–Crippen MR) is 113 cm³/mol. The molecule has 31 heavy (non-hydrogen) atoms. The lowest BCUT2D eigenvalue weighted by Gasteiger charge is -2.46. The van der Waals surface area contributed by atoms with Gasteiger partial charge in [0.25, 0.3) is 0 Å². The lowest BCUT2D eigenvalue weighted by molar-refractivity contribution is -0.0825. The van der Waals surface area contributed by atoms with E-state index < -0.39 is 24.5 Å². The summed E-state index contributed by atoms with van der Waals surface area (Å²) in [6.45, 7) is 4.74. The van der Waals surface area contributed by atoms with Gasteiger partial charge in [-0.2, -0.15) is 0 Å². The zero-order valence-corrected chi connectivity index (χ0v) is 18.8. The summed E-state index contributed by atoms with van der Waals surface area (Å²) in [5, 5.41) is 18.8. The topological polar surface area (TPSA) is 102 Å². The maximum absolute atomic E-state index is 12.5. The fraction of sp³-hybridized carbons (Fsp3) is 0.917. The van der Waals surface area contributed by atoms with Gasteiger partial charge in [-0.1, -0.05) is 13.8 Å². The Bertz CT molecular complexity index is 646. The lowest BCUT2D eigenvalue weighted by Crippen LogP contribution is -2.41. The quantitative estimate of drug-likeness (QED) is 0.573. The first-order valence-corrected chi connectivity index (χ1v) is 12.2. The summed E-state index contributed by atoms with van der Waals surface area (Å²) in [6.07, 6.45) is 7.15. The van der Waals surface area contributed by atoms with Crippen LogP contribution in [0.3, 0.4) is 0 Å². The van der Waals surface area contributed by atoms with E-state index in [0.29, 0.717) is 11.8 Å². The Balaban J connectivity index is 1.24. The molecule has 4 aliphatic carbocycles. The van der Waals surface area contributed by atoms with Crippen molar-refractivity contribution in [3.05, 3.63) is 0 Å². The van der Waals surface area contributed by atoms with Crippen molar-refractivity contribution in [2.45, 2.75) is 109 Å². The van der Waals surface area contributed by atoms with Crippen LogP contribution in [-0.2, 0) is 14.2 Å². The minimum Gasteiger partial charge on any atom is -0.450 e. The lowest BCUT2D eigenvalue weighted by atomic mass is 9.60. The zero-order valence-electron chi connectivity index (χ0n) is 18.8. The highest BCUT2D eigenvalue weighted by atomic mass is 16.7. The number of rotatable bonds is 5. The summed E-state index contributed by atoms with van der Waals surface area (Å²) in [5.74, 6) is 1.57. The van der Waals surface area contributed by atoms with E-state index in [2.05, 4.69) is 13.8 Å². The Morgan fingerprint density at radius 1 is 0.742 bits per heavy atom. The van der Waals surface area contributed by atoms with Gasteiger partial charge in [-0.15, -0.1) is 0 Å². The smallest absolute Gasteiger partial charge is 0.450 e. The van der Waals surface area contributed by atoms with E-state index in [1.54, 1.807) is 0 Å². The van der Waals surface area contributed by atoms with Gasteiger partial charge in [0.15, 0.2) is 0 Å². The van der Waals surface area contributed by atoms with Crippen LogP contribution in [-0.4, -0.2) is 46.9 Å². The van der Waals surface area contributed by atoms with Crippen LogP contribution in [0.15, 0.2) is 0 Å². The molecule has 0 amide bonds. The van der Waals surface area contributed by atoms with E-state index in [4.69, 9.17) is 19.3 Å². The number of hydrogen-bond acceptors (Lipinski definition) is 6. The first-order chi connectivity index (χ1) is 14.7. The monoisotopic (exact) mass is 438 g/mol. The van der Waals surface area contributed by atoms with E-state index in [-0.39, 0.29) is 29.5 Å². The van der Waals surface area contributed by atoms with Gasteiger partial charge in [0.2, 0.25) is 0 Å². The van der Waals surface area contributed by atoms with Gasteiger partial charge in [-0.3, -0.25) is 0 Å². The highest BCUT2D eigenvalue weighted by molar-refractivity contribution is 5.61. The van der Waals surface area contributed by atoms with Gasteiger partial charge < -0.3 is 24.4 Å². The molecule has 2 bridgehead atoms. The normalized spacial score (nSPS) is 40.4. The molecule has 0 aromatic heterocycles. The Kier molecular flexibility index (Phi) is 6.71. The maximum Gasteiger partial charge on any atom is 0.508 e. The van der Waals surface area contributed by atoms with Gasteiger partial charge in [-0.05, 0) is 87.9 Å². The highest BCUT2D eigenvalue weighted by Gasteiger charge is 2.52. The molecule has 0 aromatic carbocycles. The molecule has 4 rings (SSSR count). The molecule has 0 aliphatic heterocycles. The number of ether oxygens (including phenoxy) is 3. The minimum atomic E-state index is -1.31. The Morgan fingerprint density at radius 3 is 1.81 bits per heavy atom. The Morgan fingerprint density at radius 2 is 1.26 bits per heavy atom. The summed E-state index contributed by atoms with van der Waals surface area (Å²) < 4.78 is 16.3. The molecular weight excluding hydrogens is 400 g/mol. The molecule has 7 heteroatoms. The molecule has 7 nitrogen and oxygen atoms in total. The molecule has 4 saturated carbocycles. The van der Waals surface area contributed by atoms with E-state index >= 15 is 0 Å². The molecule has 4 atom stereocenters. The third-order valence-corrected chi connectivity index (χ3v) is 8.97. The van der Waals surface area contributed by atoms with Gasteiger partial charge in [0.05, 0.1) is 6.10 Å². The first-order valence-electron chi connectivity index (χ1n) is 12.2. The van der Waals surface area contributed by atoms with E-state index in [9.17, 15) is 14.7 Å². The molecular formula is C24H38O7. The number of carboxylic acid groups (broad SMARTS) is 1. The van der Waals surface area contributed by atoms with Crippen LogP contribution < -0.4 is 0 Å². The Hall–Kier alpha value is -1.50. The van der Waals surface area contributed by atoms with E-state index in [1.165, 1.54) is 0 Å². The van der Waals surface area contributed by atoms with Gasteiger partial charge in [-0.25, -0.2) is 9.59 Å². The molecule has 4 aliphatic rings. The number of aliphatic hydroxyl groups excluding tert-OH is 1. The molecule has 2 N–H and O–H groups in total. The van der Waals surface area contributed by atoms with Crippen molar-refractivity contribution in [2.24, 2.45) is 29.1 Å². The second kappa shape index (κ2) is 9.16. The molecule has 0 spiro atoms. The summed E-state index contributed by atoms with van der Waals surface area (Å²) in [6, 6.07) is 0. The first kappa shape index (κ1) is 22.7. The fourth-order valence-electron chi connectivity index (χ4n) is 6.98. The van der Waals surface area contributed by atoms with Crippen LogP contribution in [0, 0.1) is 29.1 Å². The summed E-state index contributed by atoms with van der Waals surface area (Å²) in [5.41, 5.74) is 0.232. The van der Waals surface area contributed by atoms with Crippen LogP contribution in [0.2, 0.25) is 0 Å². The van der Waals surface area contributed by atoms with Crippen LogP contribution in [0.25, 0.3) is 0 Å². The van der Waals surface area contributed by atoms with Crippen LogP contribution >= 0.6 is 0 Å². The number of carbonyl (C=O) groups is 2. The van der Waals surface area contributed by atoms with Crippen LogP contribution in [0.4, 0.5) is 9.59 Å². The molecule has 0 aromatic rings. The molecule has 4 unspecified atom stereocenters. The second-order valence-corrected chi connectivity index (χ2v) is 10.9. The minimum absolute atomic E-state index is 0.127. The van der Waals surface area contributed by atoms with Crippen molar-refractivity contribution in [3.63, 3.8) is 0 Å². The van der Waals surface area contributed by atoms with Crippen molar-refractivity contribution >= 4 is 12.3 Å². The largest absolute Gasteiger partial charge is 0.508 e. The predicted octanol–water partition coefficient (Wildman–Crippen LogP) is 5.14. The molecule has 176 valence electrons.